The number of rotatable bonds is 7. The Morgan fingerprint density at radius 1 is 1.08 bits per heavy atom. The molecule has 2 aliphatic heterocycles. The van der Waals surface area contributed by atoms with Crippen LogP contribution in [0.1, 0.15) is 28.9 Å². The number of hydrogen-bond donors (Lipinski definition) is 3. The smallest absolute Gasteiger partial charge is 0.269 e. The van der Waals surface area contributed by atoms with E-state index in [2.05, 4.69) is 10.0 Å². The van der Waals surface area contributed by atoms with Crippen molar-refractivity contribution in [2.24, 2.45) is 0 Å². The monoisotopic (exact) mass is 564 g/mol. The number of aliphatic hydroxyl groups excluding tert-OH is 1. The first-order valence-electron chi connectivity index (χ1n) is 12.4. The molecule has 39 heavy (non-hydrogen) atoms. The highest BCUT2D eigenvalue weighted by Crippen LogP contribution is 2.34. The number of nitrogens with one attached hydrogen (secondary N) is 2. The molecule has 1 saturated heterocycles. The van der Waals surface area contributed by atoms with Crippen LogP contribution < -0.4 is 14.9 Å². The Hall–Kier alpha value is -3.55. The summed E-state index contributed by atoms with van der Waals surface area (Å²) in [6, 6.07) is 8.86. The summed E-state index contributed by atoms with van der Waals surface area (Å²) >= 11 is 0. The molecular weight excluding hydrogens is 537 g/mol. The van der Waals surface area contributed by atoms with Crippen molar-refractivity contribution >= 4 is 43.9 Å². The molecule has 3 aromatic rings. The molecule has 3 N–H and O–H groups in total. The maximum Gasteiger partial charge on any atom is 0.269 e. The van der Waals surface area contributed by atoms with E-state index in [4.69, 9.17) is 9.84 Å². The van der Waals surface area contributed by atoms with Gasteiger partial charge in [-0.2, -0.15) is 8.78 Å². The molecule has 5 rings (SSSR count). The lowest BCUT2D eigenvalue weighted by Gasteiger charge is -2.31. The van der Waals surface area contributed by atoms with Crippen molar-refractivity contribution < 1.29 is 36.2 Å². The molecule has 0 radical (unpaired) electrons. The molecule has 3 heterocycles. The van der Waals surface area contributed by atoms with E-state index in [1.54, 1.807) is 11.0 Å². The maximum atomic E-state index is 14.8. The molecule has 2 aromatic carbocycles. The molecule has 0 spiro atoms. The third-order valence-corrected chi connectivity index (χ3v) is 8.17. The van der Waals surface area contributed by atoms with E-state index in [1.165, 1.54) is 30.3 Å². The van der Waals surface area contributed by atoms with Crippen LogP contribution in [0.5, 0.6) is 0 Å². The zero-order chi connectivity index (χ0) is 27.7. The second-order valence-corrected chi connectivity index (χ2v) is 11.2. The first kappa shape index (κ1) is 27.0. The highest BCUT2D eigenvalue weighted by atomic mass is 32.2. The van der Waals surface area contributed by atoms with E-state index in [-0.39, 0.29) is 42.8 Å². The number of aromatic nitrogens is 1. The van der Waals surface area contributed by atoms with E-state index >= 15 is 0 Å². The number of nitrogens with zero attached hydrogens (tertiary/aromatic N) is 2. The highest BCUT2D eigenvalue weighted by molar-refractivity contribution is 7.92. The van der Waals surface area contributed by atoms with Crippen LogP contribution in [0.2, 0.25) is 0 Å². The van der Waals surface area contributed by atoms with Crippen molar-refractivity contribution in [1.82, 2.24) is 4.57 Å². The topological polar surface area (TPSA) is 113 Å². The van der Waals surface area contributed by atoms with Crippen molar-refractivity contribution in [2.45, 2.75) is 26.0 Å². The van der Waals surface area contributed by atoms with Gasteiger partial charge in [0.1, 0.15) is 5.82 Å². The van der Waals surface area contributed by atoms with E-state index in [1.807, 2.05) is 4.57 Å². The van der Waals surface area contributed by atoms with Gasteiger partial charge in [-0.1, -0.05) is 0 Å². The molecule has 2 aliphatic rings. The van der Waals surface area contributed by atoms with Gasteiger partial charge in [-0.25, -0.2) is 12.8 Å². The summed E-state index contributed by atoms with van der Waals surface area (Å²) < 4.78 is 75.1. The number of fused-ring (bicyclic) bond motifs is 3. The van der Waals surface area contributed by atoms with Crippen molar-refractivity contribution in [3.05, 3.63) is 65.1 Å². The van der Waals surface area contributed by atoms with Crippen LogP contribution in [0.3, 0.4) is 0 Å². The number of sulfonamides is 1. The number of anilines is 3. The molecule has 0 saturated carbocycles. The second kappa shape index (κ2) is 10.9. The van der Waals surface area contributed by atoms with Gasteiger partial charge in [0, 0.05) is 30.7 Å². The number of benzene rings is 2. The number of ether oxygens (including phenoxy) is 1. The minimum absolute atomic E-state index is 0.0485. The van der Waals surface area contributed by atoms with E-state index < -0.39 is 40.2 Å². The Labute approximate surface area is 222 Å². The molecule has 1 fully saturated rings. The first-order chi connectivity index (χ1) is 18.7. The molecule has 9 nitrogen and oxygen atoms in total. The van der Waals surface area contributed by atoms with Crippen molar-refractivity contribution in [1.29, 1.82) is 0 Å². The quantitative estimate of drug-likeness (QED) is 0.399. The lowest BCUT2D eigenvalue weighted by atomic mass is 10.0. The largest absolute Gasteiger partial charge is 0.395 e. The molecule has 1 aromatic heterocycles. The number of aliphatic hydroxyl groups is 1. The highest BCUT2D eigenvalue weighted by Gasteiger charge is 2.25. The van der Waals surface area contributed by atoms with Crippen LogP contribution in [0.15, 0.2) is 48.1 Å². The number of carbonyl (C=O) groups is 1. The number of halogens is 3. The molecule has 0 atom stereocenters. The maximum absolute atomic E-state index is 14.8. The molecule has 13 heteroatoms. The SMILES string of the molecule is O=C(Nc1ccc(F)c2c1cc1n2CCOC1)c1ccc(NS(=O)(=O)CCO)cc1N1CCC(=C(F)F)CC1. The Morgan fingerprint density at radius 2 is 1.85 bits per heavy atom. The van der Waals surface area contributed by atoms with Crippen LogP contribution in [-0.4, -0.2) is 56.1 Å². The third kappa shape index (κ3) is 5.60. The fraction of sp³-hybridized carbons (Fsp3) is 0.346. The molecule has 1 amide bonds. The summed E-state index contributed by atoms with van der Waals surface area (Å²) in [5.41, 5.74) is 2.30. The van der Waals surface area contributed by atoms with Crippen LogP contribution in [0, 0.1) is 5.82 Å². The van der Waals surface area contributed by atoms with Crippen molar-refractivity contribution in [3.8, 4) is 0 Å². The molecule has 0 bridgehead atoms. The van der Waals surface area contributed by atoms with Crippen molar-refractivity contribution in [2.75, 3.05) is 47.0 Å². The summed E-state index contributed by atoms with van der Waals surface area (Å²) in [5.74, 6) is -1.46. The average molecular weight is 565 g/mol. The normalized spacial score (nSPS) is 15.8. The van der Waals surface area contributed by atoms with E-state index in [0.29, 0.717) is 42.0 Å². The lowest BCUT2D eigenvalue weighted by Crippen LogP contribution is -2.32. The summed E-state index contributed by atoms with van der Waals surface area (Å²) in [7, 11) is -3.84. The van der Waals surface area contributed by atoms with Gasteiger partial charge < -0.3 is 24.6 Å². The standard InChI is InChI=1S/C26H27F3N4O5S/c27-21-3-4-22(20-14-18-15-38-11-9-33(18)24(20)21)30-26(35)19-2-1-17(31-39(36,37)12-10-34)13-23(19)32-7-5-16(6-8-32)25(28)29/h1-4,13-14,31,34H,5-12,15H2,(H,30,35). The summed E-state index contributed by atoms with van der Waals surface area (Å²) in [6.45, 7) is 1.09. The Balaban J connectivity index is 1.49. The Morgan fingerprint density at radius 3 is 2.56 bits per heavy atom. The molecule has 208 valence electrons. The summed E-state index contributed by atoms with van der Waals surface area (Å²) in [4.78, 5) is 15.3. The molecule has 0 unspecified atom stereocenters. The van der Waals surface area contributed by atoms with Crippen LogP contribution in [0.25, 0.3) is 10.9 Å². The van der Waals surface area contributed by atoms with Gasteiger partial charge in [0.25, 0.3) is 12.0 Å². The predicted molar refractivity (Wildman–Crippen MR) is 141 cm³/mol. The van der Waals surface area contributed by atoms with Gasteiger partial charge in [0.2, 0.25) is 10.0 Å². The van der Waals surface area contributed by atoms with Gasteiger partial charge >= 0.3 is 0 Å². The Kier molecular flexibility index (Phi) is 7.56. The number of carbonyl (C=O) groups excluding carboxylic acids is 1. The first-order valence-corrected chi connectivity index (χ1v) is 14.0. The van der Waals surface area contributed by atoms with Gasteiger partial charge in [-0.05, 0) is 54.8 Å². The summed E-state index contributed by atoms with van der Waals surface area (Å²) in [5, 5.41) is 12.4. The Bertz CT molecular complexity index is 1560. The van der Waals surface area contributed by atoms with Crippen LogP contribution >= 0.6 is 0 Å². The zero-order valence-electron chi connectivity index (χ0n) is 20.8. The van der Waals surface area contributed by atoms with Gasteiger partial charge in [0.15, 0.2) is 0 Å². The fourth-order valence-electron chi connectivity index (χ4n) is 5.00. The van der Waals surface area contributed by atoms with Gasteiger partial charge in [0.05, 0.1) is 53.7 Å². The summed E-state index contributed by atoms with van der Waals surface area (Å²) in [6.07, 6.45) is -1.51. The predicted octanol–water partition coefficient (Wildman–Crippen LogP) is 4.05. The zero-order valence-corrected chi connectivity index (χ0v) is 21.7. The second-order valence-electron chi connectivity index (χ2n) is 9.38. The number of piperidine rings is 1. The van der Waals surface area contributed by atoms with Crippen LogP contribution in [0.4, 0.5) is 30.2 Å². The van der Waals surface area contributed by atoms with E-state index in [0.717, 1.165) is 5.69 Å². The van der Waals surface area contributed by atoms with Crippen LogP contribution in [-0.2, 0) is 27.9 Å². The van der Waals surface area contributed by atoms with E-state index in [9.17, 15) is 26.4 Å². The molecular formula is C26H27F3N4O5S. The van der Waals surface area contributed by atoms with Crippen molar-refractivity contribution in [3.63, 3.8) is 0 Å². The minimum atomic E-state index is -3.84. The molecule has 0 aliphatic carbocycles. The third-order valence-electron chi connectivity index (χ3n) is 6.90. The number of hydrogen-bond acceptors (Lipinski definition) is 6. The fourth-order valence-corrected chi connectivity index (χ4v) is 5.83. The van der Waals surface area contributed by atoms with Gasteiger partial charge in [-0.3, -0.25) is 9.52 Å². The minimum Gasteiger partial charge on any atom is -0.395 e. The van der Waals surface area contributed by atoms with Gasteiger partial charge in [-0.15, -0.1) is 0 Å². The average Bonchev–Trinajstić information content (AvgIpc) is 3.31. The number of amides is 1. The lowest BCUT2D eigenvalue weighted by molar-refractivity contribution is 0.0863.